The molecule has 0 aliphatic rings. The van der Waals surface area contributed by atoms with Gasteiger partial charge in [0.05, 0.1) is 11.9 Å². The zero-order valence-corrected chi connectivity index (χ0v) is 9.42. The molecule has 2 aromatic heterocycles. The number of hydrogen-bond donors (Lipinski definition) is 2. The monoisotopic (exact) mass is 231 g/mol. The molecule has 0 aliphatic carbocycles. The second-order valence-corrected chi connectivity index (χ2v) is 3.65. The van der Waals surface area contributed by atoms with Crippen LogP contribution >= 0.6 is 0 Å². The highest BCUT2D eigenvalue weighted by atomic mass is 16.1. The molecule has 0 aromatic carbocycles. The van der Waals surface area contributed by atoms with E-state index in [1.165, 1.54) is 6.20 Å². The number of nitrogens with two attached hydrogens (primary N) is 1. The molecule has 0 spiro atoms. The van der Waals surface area contributed by atoms with Crippen molar-refractivity contribution in [3.05, 3.63) is 42.0 Å². The summed E-state index contributed by atoms with van der Waals surface area (Å²) in [4.78, 5) is 15.7. The van der Waals surface area contributed by atoms with Crippen LogP contribution in [0.4, 0.5) is 5.69 Å². The van der Waals surface area contributed by atoms with E-state index in [0.29, 0.717) is 12.2 Å². The first-order valence-electron chi connectivity index (χ1n) is 5.13. The Balaban J connectivity index is 2.01. The van der Waals surface area contributed by atoms with Gasteiger partial charge in [-0.25, -0.2) is 4.98 Å². The van der Waals surface area contributed by atoms with Crippen LogP contribution in [-0.2, 0) is 13.6 Å². The van der Waals surface area contributed by atoms with Gasteiger partial charge in [0.15, 0.2) is 5.69 Å². The topological polar surface area (TPSA) is 85.8 Å². The Morgan fingerprint density at radius 2 is 2.41 bits per heavy atom. The summed E-state index contributed by atoms with van der Waals surface area (Å²) in [6.07, 6.45) is 5.07. The van der Waals surface area contributed by atoms with Gasteiger partial charge in [-0.2, -0.15) is 5.10 Å². The molecule has 0 unspecified atom stereocenters. The summed E-state index contributed by atoms with van der Waals surface area (Å²) in [6, 6.07) is 3.33. The number of aryl methyl sites for hydroxylation is 1. The average molecular weight is 231 g/mol. The van der Waals surface area contributed by atoms with E-state index in [4.69, 9.17) is 5.73 Å². The molecule has 17 heavy (non-hydrogen) atoms. The summed E-state index contributed by atoms with van der Waals surface area (Å²) < 4.78 is 1.68. The Hall–Kier alpha value is -2.37. The number of aromatic nitrogens is 3. The van der Waals surface area contributed by atoms with Gasteiger partial charge in [-0.15, -0.1) is 0 Å². The minimum atomic E-state index is -0.285. The third kappa shape index (κ3) is 2.60. The van der Waals surface area contributed by atoms with E-state index >= 15 is 0 Å². The summed E-state index contributed by atoms with van der Waals surface area (Å²) in [7, 11) is 1.82. The molecule has 88 valence electrons. The minimum Gasteiger partial charge on any atom is -0.397 e. The maximum atomic E-state index is 11.8. The van der Waals surface area contributed by atoms with Crippen molar-refractivity contribution in [3.8, 4) is 0 Å². The molecule has 0 bridgehead atoms. The predicted octanol–water partition coefficient (Wildman–Crippen LogP) is 0.327. The normalized spacial score (nSPS) is 10.2. The van der Waals surface area contributed by atoms with Crippen LogP contribution in [-0.4, -0.2) is 20.7 Å². The molecule has 0 saturated heterocycles. The van der Waals surface area contributed by atoms with Crippen LogP contribution in [0.2, 0.25) is 0 Å². The average Bonchev–Trinajstić information content (AvgIpc) is 2.73. The lowest BCUT2D eigenvalue weighted by atomic mass is 10.3. The quantitative estimate of drug-likeness (QED) is 0.797. The van der Waals surface area contributed by atoms with Crippen molar-refractivity contribution in [3.63, 3.8) is 0 Å². The van der Waals surface area contributed by atoms with E-state index in [9.17, 15) is 4.79 Å². The highest BCUT2D eigenvalue weighted by molar-refractivity contribution is 5.96. The summed E-state index contributed by atoms with van der Waals surface area (Å²) in [6.45, 7) is 0.405. The van der Waals surface area contributed by atoms with Crippen LogP contribution in [0.25, 0.3) is 0 Å². The lowest BCUT2D eigenvalue weighted by molar-refractivity contribution is 0.0947. The van der Waals surface area contributed by atoms with Gasteiger partial charge in [0.1, 0.15) is 0 Å². The number of nitrogens with zero attached hydrogens (tertiary/aromatic N) is 3. The maximum absolute atomic E-state index is 11.8. The maximum Gasteiger partial charge on any atom is 0.272 e. The first kappa shape index (κ1) is 11.1. The van der Waals surface area contributed by atoms with Crippen LogP contribution < -0.4 is 11.1 Å². The SMILES string of the molecule is Cn1cc(CNC(=O)c2ncccc2N)cn1. The van der Waals surface area contributed by atoms with E-state index in [0.717, 1.165) is 5.56 Å². The largest absolute Gasteiger partial charge is 0.397 e. The number of nitrogen functional groups attached to an aromatic ring is 1. The predicted molar refractivity (Wildman–Crippen MR) is 63.0 cm³/mol. The number of hydrogen-bond acceptors (Lipinski definition) is 4. The fourth-order valence-electron chi connectivity index (χ4n) is 1.44. The Bertz CT molecular complexity index is 534. The molecular formula is C11H13N5O. The highest BCUT2D eigenvalue weighted by Crippen LogP contribution is 2.06. The van der Waals surface area contributed by atoms with Gasteiger partial charge in [0.2, 0.25) is 0 Å². The van der Waals surface area contributed by atoms with E-state index < -0.39 is 0 Å². The molecule has 0 saturated carbocycles. The number of anilines is 1. The Morgan fingerprint density at radius 3 is 3.06 bits per heavy atom. The lowest BCUT2D eigenvalue weighted by Gasteiger charge is -2.04. The van der Waals surface area contributed by atoms with Gasteiger partial charge in [0.25, 0.3) is 5.91 Å². The summed E-state index contributed by atoms with van der Waals surface area (Å²) >= 11 is 0. The van der Waals surface area contributed by atoms with E-state index in [1.54, 1.807) is 23.0 Å². The zero-order chi connectivity index (χ0) is 12.3. The summed E-state index contributed by atoms with van der Waals surface area (Å²) in [5.74, 6) is -0.285. The van der Waals surface area contributed by atoms with Crippen LogP contribution in [0.1, 0.15) is 16.1 Å². The third-order valence-corrected chi connectivity index (χ3v) is 2.27. The van der Waals surface area contributed by atoms with Gasteiger partial charge in [-0.3, -0.25) is 9.48 Å². The molecule has 6 nitrogen and oxygen atoms in total. The van der Waals surface area contributed by atoms with Gasteiger partial charge < -0.3 is 11.1 Å². The fraction of sp³-hybridized carbons (Fsp3) is 0.182. The molecule has 2 rings (SSSR count). The number of carbonyl (C=O) groups is 1. The minimum absolute atomic E-state index is 0.247. The zero-order valence-electron chi connectivity index (χ0n) is 9.42. The molecule has 2 heterocycles. The van der Waals surface area contributed by atoms with Crippen molar-refractivity contribution in [1.82, 2.24) is 20.1 Å². The van der Waals surface area contributed by atoms with E-state index in [1.807, 2.05) is 13.2 Å². The number of carbonyl (C=O) groups excluding carboxylic acids is 1. The Morgan fingerprint density at radius 1 is 1.59 bits per heavy atom. The van der Waals surface area contributed by atoms with E-state index in [-0.39, 0.29) is 11.6 Å². The smallest absolute Gasteiger partial charge is 0.272 e. The van der Waals surface area contributed by atoms with Crippen molar-refractivity contribution in [2.75, 3.05) is 5.73 Å². The van der Waals surface area contributed by atoms with Crippen molar-refractivity contribution in [2.24, 2.45) is 7.05 Å². The Kier molecular flexibility index (Phi) is 3.04. The van der Waals surface area contributed by atoms with Crippen LogP contribution in [0.15, 0.2) is 30.7 Å². The van der Waals surface area contributed by atoms with Crippen molar-refractivity contribution in [2.45, 2.75) is 6.54 Å². The Labute approximate surface area is 98.5 Å². The second kappa shape index (κ2) is 4.65. The summed E-state index contributed by atoms with van der Waals surface area (Å²) in [5, 5.41) is 6.74. The van der Waals surface area contributed by atoms with Gasteiger partial charge in [-0.1, -0.05) is 0 Å². The molecule has 0 aliphatic heterocycles. The van der Waals surface area contributed by atoms with Gasteiger partial charge in [0, 0.05) is 31.5 Å². The first-order valence-corrected chi connectivity index (χ1v) is 5.13. The molecule has 0 atom stereocenters. The van der Waals surface area contributed by atoms with Crippen LogP contribution in [0, 0.1) is 0 Å². The highest BCUT2D eigenvalue weighted by Gasteiger charge is 2.10. The number of rotatable bonds is 3. The number of amides is 1. The number of pyridine rings is 1. The van der Waals surface area contributed by atoms with Gasteiger partial charge >= 0.3 is 0 Å². The second-order valence-electron chi connectivity index (χ2n) is 3.65. The van der Waals surface area contributed by atoms with Crippen molar-refractivity contribution in [1.29, 1.82) is 0 Å². The molecule has 2 aromatic rings. The van der Waals surface area contributed by atoms with Crippen LogP contribution in [0.5, 0.6) is 0 Å². The molecular weight excluding hydrogens is 218 g/mol. The van der Waals surface area contributed by atoms with Gasteiger partial charge in [-0.05, 0) is 12.1 Å². The van der Waals surface area contributed by atoms with Crippen molar-refractivity contribution < 1.29 is 4.79 Å². The van der Waals surface area contributed by atoms with Crippen molar-refractivity contribution >= 4 is 11.6 Å². The molecule has 3 N–H and O–H groups in total. The standard InChI is InChI=1S/C11H13N5O/c1-16-7-8(6-15-16)5-14-11(17)10-9(12)3-2-4-13-10/h2-4,6-7H,5,12H2,1H3,(H,14,17). The molecule has 0 fully saturated rings. The lowest BCUT2D eigenvalue weighted by Crippen LogP contribution is -2.24. The fourth-order valence-corrected chi connectivity index (χ4v) is 1.44. The first-order chi connectivity index (χ1) is 8.16. The molecule has 1 amide bonds. The number of nitrogens with one attached hydrogen (secondary N) is 1. The van der Waals surface area contributed by atoms with E-state index in [2.05, 4.69) is 15.4 Å². The van der Waals surface area contributed by atoms with Crippen LogP contribution in [0.3, 0.4) is 0 Å². The molecule has 0 radical (unpaired) electrons. The summed E-state index contributed by atoms with van der Waals surface area (Å²) in [5.41, 5.74) is 7.20. The third-order valence-electron chi connectivity index (χ3n) is 2.27. The molecule has 6 heteroatoms.